The molecule has 4 fully saturated rings. The second-order valence-electron chi connectivity index (χ2n) is 13.3. The predicted molar refractivity (Wildman–Crippen MR) is 168 cm³/mol. The second kappa shape index (κ2) is 10.8. The SMILES string of the molecule is C=CC(=O)N1CC2(CC(n3nc(N4CCN(C[C@@H]5COCCO5)CC4(C)C)c(-c4c(Cl)c(Cl)cc5[nH]ncc45)c3C)C2)C1. The highest BCUT2D eigenvalue weighted by molar-refractivity contribution is 6.45. The third kappa shape index (κ3) is 4.95. The number of rotatable bonds is 6. The molecular formula is C31H39Cl2N7O3. The molecule has 3 saturated heterocycles. The Hall–Kier alpha value is -2.63. The zero-order valence-corrected chi connectivity index (χ0v) is 26.5. The molecule has 1 aliphatic carbocycles. The number of piperazine rings is 1. The maximum absolute atomic E-state index is 12.1. The van der Waals surface area contributed by atoms with Gasteiger partial charge in [-0.1, -0.05) is 29.8 Å². The van der Waals surface area contributed by atoms with E-state index in [-0.39, 0.29) is 29.0 Å². The van der Waals surface area contributed by atoms with E-state index in [4.69, 9.17) is 37.8 Å². The quantitative estimate of drug-likeness (QED) is 0.396. The monoisotopic (exact) mass is 627 g/mol. The van der Waals surface area contributed by atoms with Gasteiger partial charge in [-0.3, -0.25) is 19.5 Å². The first kappa shape index (κ1) is 29.1. The minimum absolute atomic E-state index is 0.0117. The minimum Gasteiger partial charge on any atom is -0.376 e. The van der Waals surface area contributed by atoms with Crippen molar-refractivity contribution in [3.63, 3.8) is 0 Å². The van der Waals surface area contributed by atoms with E-state index >= 15 is 0 Å². The molecule has 0 bridgehead atoms. The Morgan fingerprint density at radius 1 is 1.19 bits per heavy atom. The molecule has 2 aromatic heterocycles. The number of carbonyl (C=O) groups is 1. The zero-order chi connectivity index (χ0) is 30.1. The summed E-state index contributed by atoms with van der Waals surface area (Å²) in [6, 6.07) is 2.08. The highest BCUT2D eigenvalue weighted by Crippen LogP contribution is 2.56. The number of ether oxygens (including phenoxy) is 2. The molecule has 1 saturated carbocycles. The average molecular weight is 629 g/mol. The van der Waals surface area contributed by atoms with Gasteiger partial charge in [0.25, 0.3) is 0 Å². The number of carbonyl (C=O) groups excluding carboxylic acids is 1. The summed E-state index contributed by atoms with van der Waals surface area (Å²) < 4.78 is 13.8. The van der Waals surface area contributed by atoms with E-state index in [0.717, 1.165) is 85.7 Å². The molecule has 0 radical (unpaired) electrons. The molecular weight excluding hydrogens is 589 g/mol. The number of hydrogen-bond donors (Lipinski definition) is 1. The van der Waals surface area contributed by atoms with Crippen LogP contribution in [0.4, 0.5) is 5.82 Å². The van der Waals surface area contributed by atoms with Crippen molar-refractivity contribution in [1.82, 2.24) is 29.8 Å². The number of likely N-dealkylation sites (tertiary alicyclic amines) is 1. The Bertz CT molecular complexity index is 1560. The van der Waals surface area contributed by atoms with Crippen molar-refractivity contribution in [3.05, 3.63) is 40.7 Å². The minimum atomic E-state index is -0.213. The molecule has 5 heterocycles. The number of aromatic amines is 1. The van der Waals surface area contributed by atoms with E-state index in [1.807, 2.05) is 17.2 Å². The third-order valence-electron chi connectivity index (χ3n) is 9.83. The second-order valence-corrected chi connectivity index (χ2v) is 14.1. The van der Waals surface area contributed by atoms with Crippen LogP contribution < -0.4 is 4.90 Å². The zero-order valence-electron chi connectivity index (χ0n) is 25.0. The molecule has 1 atom stereocenters. The number of H-pyrrole nitrogens is 1. The fourth-order valence-electron chi connectivity index (χ4n) is 7.77. The lowest BCUT2D eigenvalue weighted by atomic mass is 9.60. The Balaban J connectivity index is 1.23. The van der Waals surface area contributed by atoms with Gasteiger partial charge < -0.3 is 19.3 Å². The number of fused-ring (bicyclic) bond motifs is 1. The number of halogens is 2. The van der Waals surface area contributed by atoms with Crippen LogP contribution in [0.5, 0.6) is 0 Å². The highest BCUT2D eigenvalue weighted by Gasteiger charge is 2.54. The lowest BCUT2D eigenvalue weighted by molar-refractivity contribution is -0.149. The van der Waals surface area contributed by atoms with E-state index in [0.29, 0.717) is 29.9 Å². The number of aromatic nitrogens is 4. The predicted octanol–water partition coefficient (Wildman–Crippen LogP) is 4.71. The summed E-state index contributed by atoms with van der Waals surface area (Å²) in [5.74, 6) is 0.932. The summed E-state index contributed by atoms with van der Waals surface area (Å²) >= 11 is 13.7. The molecule has 1 N–H and O–H groups in total. The van der Waals surface area contributed by atoms with Crippen molar-refractivity contribution < 1.29 is 14.3 Å². The first-order valence-corrected chi connectivity index (χ1v) is 15.9. The average Bonchev–Trinajstić information content (AvgIpc) is 3.52. The van der Waals surface area contributed by atoms with E-state index in [9.17, 15) is 4.79 Å². The van der Waals surface area contributed by atoms with Gasteiger partial charge in [-0.25, -0.2) is 0 Å². The first-order valence-electron chi connectivity index (χ1n) is 15.1. The fourth-order valence-corrected chi connectivity index (χ4v) is 8.23. The summed E-state index contributed by atoms with van der Waals surface area (Å²) in [6.07, 6.45) is 5.30. The highest BCUT2D eigenvalue weighted by atomic mass is 35.5. The molecule has 1 aromatic carbocycles. The molecule has 3 aromatic rings. The molecule has 43 heavy (non-hydrogen) atoms. The van der Waals surface area contributed by atoms with Gasteiger partial charge in [-0.15, -0.1) is 0 Å². The molecule has 7 rings (SSSR count). The van der Waals surface area contributed by atoms with Crippen molar-refractivity contribution in [2.45, 2.75) is 51.3 Å². The van der Waals surface area contributed by atoms with E-state index in [2.05, 4.69) is 52.0 Å². The molecule has 10 nitrogen and oxygen atoms in total. The largest absolute Gasteiger partial charge is 0.376 e. The number of nitrogens with one attached hydrogen (secondary N) is 1. The summed E-state index contributed by atoms with van der Waals surface area (Å²) in [7, 11) is 0. The normalized spacial score (nSPS) is 23.9. The van der Waals surface area contributed by atoms with Crippen LogP contribution in [-0.2, 0) is 14.3 Å². The van der Waals surface area contributed by atoms with Crippen molar-refractivity contribution in [2.75, 3.05) is 64.0 Å². The van der Waals surface area contributed by atoms with Crippen LogP contribution in [0.25, 0.3) is 22.0 Å². The van der Waals surface area contributed by atoms with Gasteiger partial charge in [0.2, 0.25) is 5.91 Å². The lowest BCUT2D eigenvalue weighted by Gasteiger charge is -2.58. The van der Waals surface area contributed by atoms with Gasteiger partial charge in [0.15, 0.2) is 5.82 Å². The molecule has 230 valence electrons. The fraction of sp³-hybridized carbons (Fsp3) is 0.581. The Labute approximate surface area is 261 Å². The molecule has 1 amide bonds. The van der Waals surface area contributed by atoms with Gasteiger partial charge in [-0.2, -0.15) is 10.2 Å². The standard InChI is InChI=1S/C31H39Cl2N7O3/c1-5-25(41)38-17-31(18-38)11-20(12-31)40-19(2)26(27-22-13-34-35-24(22)10-23(32)28(27)33)29(36-40)39-7-6-37(16-30(39,3)4)14-21-15-42-8-9-43-21/h5,10,13,20-21H,1,6-9,11-12,14-18H2,2-4H3,(H,34,35)/t21-/m1/s1. The van der Waals surface area contributed by atoms with Gasteiger partial charge in [0.05, 0.1) is 53.7 Å². The third-order valence-corrected chi connectivity index (χ3v) is 10.6. The van der Waals surface area contributed by atoms with Gasteiger partial charge in [0, 0.05) is 72.4 Å². The van der Waals surface area contributed by atoms with Gasteiger partial charge in [0.1, 0.15) is 0 Å². The molecule has 4 aliphatic rings. The number of benzene rings is 1. The molecule has 12 heteroatoms. The number of hydrogen-bond acceptors (Lipinski definition) is 7. The Morgan fingerprint density at radius 3 is 2.67 bits per heavy atom. The van der Waals surface area contributed by atoms with Crippen LogP contribution in [0.2, 0.25) is 10.0 Å². The van der Waals surface area contributed by atoms with Crippen LogP contribution >= 0.6 is 23.2 Å². The molecule has 0 unspecified atom stereocenters. The summed E-state index contributed by atoms with van der Waals surface area (Å²) in [5, 5.41) is 14.7. The van der Waals surface area contributed by atoms with Crippen LogP contribution in [-0.4, -0.2) is 106 Å². The lowest BCUT2D eigenvalue weighted by Crippen LogP contribution is -2.63. The molecule has 3 aliphatic heterocycles. The van der Waals surface area contributed by atoms with Crippen LogP contribution in [0.3, 0.4) is 0 Å². The van der Waals surface area contributed by atoms with Gasteiger partial charge in [-0.05, 0) is 45.8 Å². The molecule has 1 spiro atoms. The van der Waals surface area contributed by atoms with E-state index in [1.165, 1.54) is 6.08 Å². The Morgan fingerprint density at radius 2 is 1.98 bits per heavy atom. The van der Waals surface area contributed by atoms with Crippen molar-refractivity contribution in [2.24, 2.45) is 5.41 Å². The van der Waals surface area contributed by atoms with Crippen molar-refractivity contribution in [3.8, 4) is 11.1 Å². The van der Waals surface area contributed by atoms with Crippen LogP contribution in [0.15, 0.2) is 24.9 Å². The number of nitrogens with zero attached hydrogens (tertiary/aromatic N) is 6. The van der Waals surface area contributed by atoms with Gasteiger partial charge >= 0.3 is 0 Å². The smallest absolute Gasteiger partial charge is 0.245 e. The van der Waals surface area contributed by atoms with E-state index < -0.39 is 0 Å². The van der Waals surface area contributed by atoms with Crippen molar-refractivity contribution >= 4 is 45.8 Å². The number of amides is 1. The summed E-state index contributed by atoms with van der Waals surface area (Å²) in [4.78, 5) is 18.9. The van der Waals surface area contributed by atoms with Crippen molar-refractivity contribution in [1.29, 1.82) is 0 Å². The maximum Gasteiger partial charge on any atom is 0.245 e. The first-order chi connectivity index (χ1) is 20.6. The van der Waals surface area contributed by atoms with Crippen LogP contribution in [0, 0.1) is 12.3 Å². The Kier molecular flexibility index (Phi) is 7.29. The summed E-state index contributed by atoms with van der Waals surface area (Å²) in [6.45, 7) is 17.3. The van der Waals surface area contributed by atoms with E-state index in [1.54, 1.807) is 0 Å². The summed E-state index contributed by atoms with van der Waals surface area (Å²) in [5.41, 5.74) is 3.72. The number of anilines is 1. The maximum atomic E-state index is 12.1. The van der Waals surface area contributed by atoms with Crippen LogP contribution in [0.1, 0.15) is 38.4 Å². The topological polar surface area (TPSA) is 91.8 Å².